The normalized spacial score (nSPS) is 12.2. The Hall–Kier alpha value is -3.15. The van der Waals surface area contributed by atoms with E-state index in [4.69, 9.17) is 23.2 Å². The zero-order valence-corrected chi connectivity index (χ0v) is 19.8. The molecule has 0 heterocycles. The van der Waals surface area contributed by atoms with E-state index >= 15 is 0 Å². The van der Waals surface area contributed by atoms with Crippen molar-refractivity contribution in [2.45, 2.75) is 25.8 Å². The van der Waals surface area contributed by atoms with Crippen LogP contribution in [-0.2, 0) is 9.59 Å². The van der Waals surface area contributed by atoms with Gasteiger partial charge in [0.25, 0.3) is 5.91 Å². The van der Waals surface area contributed by atoms with Gasteiger partial charge in [0, 0.05) is 10.6 Å². The molecule has 5 nitrogen and oxygen atoms in total. The molecule has 0 saturated carbocycles. The van der Waals surface area contributed by atoms with E-state index in [0.717, 1.165) is 11.1 Å². The zero-order valence-electron chi connectivity index (χ0n) is 18.3. The molecule has 0 radical (unpaired) electrons. The van der Waals surface area contributed by atoms with Gasteiger partial charge in [-0.15, -0.1) is 0 Å². The van der Waals surface area contributed by atoms with Crippen LogP contribution in [0.3, 0.4) is 0 Å². The summed E-state index contributed by atoms with van der Waals surface area (Å²) in [5.74, 6) is -1.38. The third-order valence-corrected chi connectivity index (χ3v) is 5.68. The zero-order chi connectivity index (χ0) is 23.8. The Morgan fingerprint density at radius 2 is 1.42 bits per heavy atom. The minimum Gasteiger partial charge on any atom is -0.343 e. The Balaban J connectivity index is 1.76. The van der Waals surface area contributed by atoms with E-state index in [0.29, 0.717) is 15.6 Å². The highest BCUT2D eigenvalue weighted by Crippen LogP contribution is 2.25. The van der Waals surface area contributed by atoms with Gasteiger partial charge in [-0.1, -0.05) is 104 Å². The van der Waals surface area contributed by atoms with E-state index in [9.17, 15) is 9.59 Å². The van der Waals surface area contributed by atoms with Gasteiger partial charge in [0.1, 0.15) is 6.04 Å². The van der Waals surface area contributed by atoms with Gasteiger partial charge >= 0.3 is 0 Å². The number of hydrazone groups is 1. The van der Waals surface area contributed by atoms with Gasteiger partial charge in [-0.05, 0) is 29.2 Å². The van der Waals surface area contributed by atoms with Crippen molar-refractivity contribution in [3.63, 3.8) is 0 Å². The molecule has 0 aliphatic heterocycles. The second-order valence-electron chi connectivity index (χ2n) is 7.88. The van der Waals surface area contributed by atoms with Crippen LogP contribution in [0, 0.1) is 5.92 Å². The molecular formula is C26H25Cl2N3O2. The lowest BCUT2D eigenvalue weighted by Gasteiger charge is -2.24. The Morgan fingerprint density at radius 1 is 0.848 bits per heavy atom. The summed E-state index contributed by atoms with van der Waals surface area (Å²) in [5, 5.41) is 7.84. The monoisotopic (exact) mass is 481 g/mol. The van der Waals surface area contributed by atoms with Gasteiger partial charge in [0.2, 0.25) is 5.91 Å². The van der Waals surface area contributed by atoms with E-state index in [1.54, 1.807) is 18.2 Å². The molecule has 3 aromatic rings. The molecule has 0 spiro atoms. The van der Waals surface area contributed by atoms with Crippen molar-refractivity contribution in [3.8, 4) is 0 Å². The standard InChI is InChI=1S/C26H25Cl2N3O2/c1-17(2)24(26(33)31-29-16-20-13-14-21(27)15-22(20)28)30-25(32)23(18-9-5-3-6-10-18)19-11-7-4-8-12-19/h3-17,23-24H,1-2H3,(H,30,32)(H,31,33)/b29-16+. The third kappa shape index (κ3) is 6.67. The van der Waals surface area contributed by atoms with E-state index in [-0.39, 0.29) is 11.8 Å². The van der Waals surface area contributed by atoms with Gasteiger partial charge in [0.15, 0.2) is 0 Å². The predicted molar refractivity (Wildman–Crippen MR) is 134 cm³/mol. The predicted octanol–water partition coefficient (Wildman–Crippen LogP) is 5.42. The summed E-state index contributed by atoms with van der Waals surface area (Å²) in [6.07, 6.45) is 1.44. The summed E-state index contributed by atoms with van der Waals surface area (Å²) in [7, 11) is 0. The number of nitrogens with one attached hydrogen (secondary N) is 2. The minimum atomic E-state index is -0.773. The van der Waals surface area contributed by atoms with Gasteiger partial charge in [0.05, 0.1) is 17.2 Å². The van der Waals surface area contributed by atoms with E-state index in [1.165, 1.54) is 6.21 Å². The summed E-state index contributed by atoms with van der Waals surface area (Å²) in [6.45, 7) is 3.73. The summed E-state index contributed by atoms with van der Waals surface area (Å²) in [5.41, 5.74) is 4.81. The number of carbonyl (C=O) groups is 2. The van der Waals surface area contributed by atoms with Crippen molar-refractivity contribution in [3.05, 3.63) is 106 Å². The molecule has 0 aromatic heterocycles. The second kappa shape index (κ2) is 11.6. The smallest absolute Gasteiger partial charge is 0.262 e. The van der Waals surface area contributed by atoms with Crippen LogP contribution in [0.1, 0.15) is 36.5 Å². The first-order valence-electron chi connectivity index (χ1n) is 10.5. The van der Waals surface area contributed by atoms with Crippen molar-refractivity contribution >= 4 is 41.2 Å². The fraction of sp³-hybridized carbons (Fsp3) is 0.192. The molecule has 2 N–H and O–H groups in total. The summed E-state index contributed by atoms with van der Waals surface area (Å²) >= 11 is 12.0. The minimum absolute atomic E-state index is 0.157. The van der Waals surface area contributed by atoms with Crippen molar-refractivity contribution in [1.82, 2.24) is 10.7 Å². The molecule has 3 aromatic carbocycles. The van der Waals surface area contributed by atoms with Crippen LogP contribution in [-0.4, -0.2) is 24.1 Å². The molecule has 33 heavy (non-hydrogen) atoms. The maximum Gasteiger partial charge on any atom is 0.262 e. The van der Waals surface area contributed by atoms with Gasteiger partial charge in [-0.25, -0.2) is 5.43 Å². The van der Waals surface area contributed by atoms with Crippen LogP contribution in [0.15, 0.2) is 84.0 Å². The molecule has 0 fully saturated rings. The average Bonchev–Trinajstić information content (AvgIpc) is 2.80. The van der Waals surface area contributed by atoms with Gasteiger partial charge in [-0.2, -0.15) is 5.10 Å². The molecule has 2 amide bonds. The number of nitrogens with zero attached hydrogens (tertiary/aromatic N) is 1. The summed E-state index contributed by atoms with van der Waals surface area (Å²) < 4.78 is 0. The van der Waals surface area contributed by atoms with Crippen molar-refractivity contribution < 1.29 is 9.59 Å². The first-order chi connectivity index (χ1) is 15.9. The van der Waals surface area contributed by atoms with Crippen LogP contribution in [0.25, 0.3) is 0 Å². The first kappa shape index (κ1) is 24.5. The SMILES string of the molecule is CC(C)C(NC(=O)C(c1ccccc1)c1ccccc1)C(=O)N/N=C/c1ccc(Cl)cc1Cl. The molecule has 7 heteroatoms. The van der Waals surface area contributed by atoms with Crippen LogP contribution < -0.4 is 10.7 Å². The molecule has 3 rings (SSSR count). The number of rotatable bonds is 8. The molecule has 1 atom stereocenters. The van der Waals surface area contributed by atoms with Crippen LogP contribution in [0.2, 0.25) is 10.0 Å². The van der Waals surface area contributed by atoms with E-state index in [1.807, 2.05) is 74.5 Å². The number of benzene rings is 3. The van der Waals surface area contributed by atoms with E-state index < -0.39 is 17.9 Å². The molecule has 0 saturated heterocycles. The lowest BCUT2D eigenvalue weighted by atomic mass is 9.89. The Labute approximate surface area is 203 Å². The molecule has 170 valence electrons. The highest BCUT2D eigenvalue weighted by molar-refractivity contribution is 6.36. The summed E-state index contributed by atoms with van der Waals surface area (Å²) in [4.78, 5) is 26.2. The lowest BCUT2D eigenvalue weighted by molar-refractivity contribution is -0.130. The quantitative estimate of drug-likeness (QED) is 0.333. The van der Waals surface area contributed by atoms with Gasteiger partial charge in [-0.3, -0.25) is 9.59 Å². The Kier molecular flexibility index (Phi) is 8.64. The highest BCUT2D eigenvalue weighted by atomic mass is 35.5. The molecule has 0 aliphatic rings. The van der Waals surface area contributed by atoms with Crippen molar-refractivity contribution in [2.75, 3.05) is 0 Å². The molecule has 0 aliphatic carbocycles. The second-order valence-corrected chi connectivity index (χ2v) is 8.73. The molecule has 0 bridgehead atoms. The average molecular weight is 482 g/mol. The Bertz CT molecular complexity index is 1080. The molecule has 1 unspecified atom stereocenters. The maximum absolute atomic E-state index is 13.4. The summed E-state index contributed by atoms with van der Waals surface area (Å²) in [6, 6.07) is 23.2. The fourth-order valence-corrected chi connectivity index (χ4v) is 3.86. The van der Waals surface area contributed by atoms with Crippen molar-refractivity contribution in [1.29, 1.82) is 0 Å². The first-order valence-corrected chi connectivity index (χ1v) is 11.3. The molecular weight excluding hydrogens is 457 g/mol. The lowest BCUT2D eigenvalue weighted by Crippen LogP contribution is -2.50. The number of amides is 2. The van der Waals surface area contributed by atoms with E-state index in [2.05, 4.69) is 15.8 Å². The highest BCUT2D eigenvalue weighted by Gasteiger charge is 2.29. The van der Waals surface area contributed by atoms with Crippen LogP contribution >= 0.6 is 23.2 Å². The third-order valence-electron chi connectivity index (χ3n) is 5.12. The number of carbonyl (C=O) groups excluding carboxylic acids is 2. The van der Waals surface area contributed by atoms with Crippen molar-refractivity contribution in [2.24, 2.45) is 11.0 Å². The van der Waals surface area contributed by atoms with Gasteiger partial charge < -0.3 is 5.32 Å². The number of hydrogen-bond acceptors (Lipinski definition) is 3. The largest absolute Gasteiger partial charge is 0.343 e. The number of hydrogen-bond donors (Lipinski definition) is 2. The Morgan fingerprint density at radius 3 is 1.94 bits per heavy atom. The van der Waals surface area contributed by atoms with Crippen LogP contribution in [0.4, 0.5) is 0 Å². The maximum atomic E-state index is 13.4. The topological polar surface area (TPSA) is 70.6 Å². The fourth-order valence-electron chi connectivity index (χ4n) is 3.40. The van der Waals surface area contributed by atoms with Crippen LogP contribution in [0.5, 0.6) is 0 Å². The number of halogens is 2.